The highest BCUT2D eigenvalue weighted by Crippen LogP contribution is 2.33. The van der Waals surface area contributed by atoms with Gasteiger partial charge in [-0.25, -0.2) is 0 Å². The molecule has 0 atom stereocenters. The number of benzene rings is 1. The van der Waals surface area contributed by atoms with Crippen LogP contribution in [-0.4, -0.2) is 24.4 Å². The molecule has 0 radical (unpaired) electrons. The molecule has 0 aliphatic rings. The van der Waals surface area contributed by atoms with Crippen LogP contribution in [0, 0.1) is 6.92 Å². The highest BCUT2D eigenvalue weighted by atomic mass is 32.1. The molecule has 0 aliphatic heterocycles. The minimum atomic E-state index is -0.315. The summed E-state index contributed by atoms with van der Waals surface area (Å²) in [5.74, 6) is -0.529. The van der Waals surface area contributed by atoms with Crippen molar-refractivity contribution in [2.75, 3.05) is 12.3 Å². The minimum absolute atomic E-state index is 0.0479. The molecule has 0 fully saturated rings. The molecule has 2 rings (SSSR count). The Morgan fingerprint density at radius 3 is 2.71 bits per heavy atom. The van der Waals surface area contributed by atoms with Gasteiger partial charge in [-0.2, -0.15) is 0 Å². The topological polar surface area (TPSA) is 84.2 Å². The van der Waals surface area contributed by atoms with Crippen LogP contribution < -0.4 is 16.4 Å². The zero-order valence-corrected chi connectivity index (χ0v) is 13.1. The number of amides is 2. The second-order valence-corrected chi connectivity index (χ2v) is 6.30. The quantitative estimate of drug-likeness (QED) is 0.808. The fourth-order valence-corrected chi connectivity index (χ4v) is 3.14. The average Bonchev–Trinajstić information content (AvgIpc) is 2.72. The van der Waals surface area contributed by atoms with Gasteiger partial charge in [-0.3, -0.25) is 9.59 Å². The smallest absolute Gasteiger partial charge is 0.263 e. The fourth-order valence-electron chi connectivity index (χ4n) is 2.01. The predicted octanol–water partition coefficient (Wildman–Crippen LogP) is 2.05. The van der Waals surface area contributed by atoms with Gasteiger partial charge in [0.2, 0.25) is 5.91 Å². The van der Waals surface area contributed by atoms with Crippen LogP contribution in [0.2, 0.25) is 0 Å². The van der Waals surface area contributed by atoms with Crippen molar-refractivity contribution < 1.29 is 9.59 Å². The average molecular weight is 305 g/mol. The van der Waals surface area contributed by atoms with E-state index in [1.165, 1.54) is 11.3 Å². The maximum atomic E-state index is 12.1. The molecule has 1 heterocycles. The number of nitrogens with one attached hydrogen (secondary N) is 2. The molecule has 4 N–H and O–H groups in total. The Bertz CT molecular complexity index is 692. The summed E-state index contributed by atoms with van der Waals surface area (Å²) in [4.78, 5) is 24.1. The van der Waals surface area contributed by atoms with Crippen LogP contribution in [0.25, 0.3) is 10.1 Å². The van der Waals surface area contributed by atoms with Gasteiger partial charge >= 0.3 is 0 Å². The van der Waals surface area contributed by atoms with Gasteiger partial charge in [0, 0.05) is 16.1 Å². The summed E-state index contributed by atoms with van der Waals surface area (Å²) in [5.41, 5.74) is 7.61. The molecule has 0 unspecified atom stereocenters. The van der Waals surface area contributed by atoms with Crippen LogP contribution in [-0.2, 0) is 4.79 Å². The summed E-state index contributed by atoms with van der Waals surface area (Å²) in [7, 11) is 0. The lowest BCUT2D eigenvalue weighted by Gasteiger charge is -2.08. The van der Waals surface area contributed by atoms with Crippen LogP contribution in [0.1, 0.15) is 29.1 Å². The highest BCUT2D eigenvalue weighted by Gasteiger charge is 2.17. The molecule has 0 aliphatic carbocycles. The van der Waals surface area contributed by atoms with Crippen molar-refractivity contribution in [3.8, 4) is 0 Å². The highest BCUT2D eigenvalue weighted by molar-refractivity contribution is 7.21. The monoisotopic (exact) mass is 305 g/mol. The van der Waals surface area contributed by atoms with E-state index in [1.807, 2.05) is 39.0 Å². The number of carbonyl (C=O) groups is 2. The van der Waals surface area contributed by atoms with E-state index in [2.05, 4.69) is 10.6 Å². The van der Waals surface area contributed by atoms with Crippen LogP contribution in [0.3, 0.4) is 0 Å². The molecule has 1 aromatic heterocycles. The molecule has 0 saturated heterocycles. The third-order valence-electron chi connectivity index (χ3n) is 2.95. The number of fused-ring (bicyclic) bond motifs is 1. The van der Waals surface area contributed by atoms with Crippen LogP contribution in [0.4, 0.5) is 5.69 Å². The summed E-state index contributed by atoms with van der Waals surface area (Å²) in [6.07, 6.45) is 0. The van der Waals surface area contributed by atoms with Crippen molar-refractivity contribution in [1.29, 1.82) is 0 Å². The lowest BCUT2D eigenvalue weighted by atomic mass is 10.1. The number of hydrogen-bond donors (Lipinski definition) is 3. The van der Waals surface area contributed by atoms with Gasteiger partial charge < -0.3 is 16.4 Å². The Balaban J connectivity index is 2.13. The largest absolute Gasteiger partial charge is 0.397 e. The second-order valence-electron chi connectivity index (χ2n) is 5.25. The number of carbonyl (C=O) groups excluding carboxylic acids is 2. The van der Waals surface area contributed by atoms with E-state index in [-0.39, 0.29) is 24.4 Å². The van der Waals surface area contributed by atoms with Gasteiger partial charge in [0.05, 0.1) is 12.2 Å². The Labute approximate surface area is 127 Å². The maximum absolute atomic E-state index is 12.1. The van der Waals surface area contributed by atoms with Crippen molar-refractivity contribution in [1.82, 2.24) is 10.6 Å². The Morgan fingerprint density at radius 2 is 2.05 bits per heavy atom. The third-order valence-corrected chi connectivity index (χ3v) is 4.12. The first kappa shape index (κ1) is 15.3. The van der Waals surface area contributed by atoms with Gasteiger partial charge in [-0.05, 0) is 32.4 Å². The van der Waals surface area contributed by atoms with Crippen LogP contribution in [0.5, 0.6) is 0 Å². The van der Waals surface area contributed by atoms with Gasteiger partial charge in [0.15, 0.2) is 0 Å². The SMILES string of the molecule is Cc1ccc2c(N)c(C(=O)NCC(=O)NC(C)C)sc2c1. The number of anilines is 1. The Kier molecular flexibility index (Phi) is 4.47. The molecular weight excluding hydrogens is 286 g/mol. The van der Waals surface area contributed by atoms with Gasteiger partial charge in [-0.1, -0.05) is 12.1 Å². The predicted molar refractivity (Wildman–Crippen MR) is 86.6 cm³/mol. The lowest BCUT2D eigenvalue weighted by molar-refractivity contribution is -0.120. The number of rotatable bonds is 4. The summed E-state index contributed by atoms with van der Waals surface area (Å²) in [6.45, 7) is 5.67. The Morgan fingerprint density at radius 1 is 1.33 bits per heavy atom. The molecule has 112 valence electrons. The van der Waals surface area contributed by atoms with Crippen molar-refractivity contribution in [3.63, 3.8) is 0 Å². The van der Waals surface area contributed by atoms with Crippen molar-refractivity contribution in [2.24, 2.45) is 0 Å². The first-order valence-corrected chi connectivity index (χ1v) is 7.56. The minimum Gasteiger partial charge on any atom is -0.397 e. The first-order chi connectivity index (χ1) is 9.88. The summed E-state index contributed by atoms with van der Waals surface area (Å²) < 4.78 is 0.976. The summed E-state index contributed by atoms with van der Waals surface area (Å²) >= 11 is 1.34. The third kappa shape index (κ3) is 3.52. The van der Waals surface area contributed by atoms with Gasteiger partial charge in [-0.15, -0.1) is 11.3 Å². The fraction of sp³-hybridized carbons (Fsp3) is 0.333. The lowest BCUT2D eigenvalue weighted by Crippen LogP contribution is -2.39. The van der Waals surface area contributed by atoms with E-state index in [1.54, 1.807) is 0 Å². The van der Waals surface area contributed by atoms with Crippen molar-refractivity contribution in [2.45, 2.75) is 26.8 Å². The second kappa shape index (κ2) is 6.13. The van der Waals surface area contributed by atoms with E-state index in [4.69, 9.17) is 5.73 Å². The number of hydrogen-bond acceptors (Lipinski definition) is 4. The number of thiophene rings is 1. The van der Waals surface area contributed by atoms with E-state index >= 15 is 0 Å². The zero-order valence-electron chi connectivity index (χ0n) is 12.3. The zero-order chi connectivity index (χ0) is 15.6. The molecule has 0 bridgehead atoms. The first-order valence-electron chi connectivity index (χ1n) is 6.74. The van der Waals surface area contributed by atoms with Gasteiger partial charge in [0.1, 0.15) is 4.88 Å². The normalized spacial score (nSPS) is 10.9. The van der Waals surface area contributed by atoms with Crippen LogP contribution in [0.15, 0.2) is 18.2 Å². The summed E-state index contributed by atoms with van der Waals surface area (Å²) in [5, 5.41) is 6.19. The molecule has 2 aromatic rings. The standard InChI is InChI=1S/C15H19N3O2S/c1-8(2)18-12(19)7-17-15(20)14-13(16)10-5-4-9(3)6-11(10)21-14/h4-6,8H,7,16H2,1-3H3,(H,17,20)(H,18,19). The number of aryl methyl sites for hydroxylation is 1. The molecule has 5 nitrogen and oxygen atoms in total. The Hall–Kier alpha value is -2.08. The van der Waals surface area contributed by atoms with Crippen molar-refractivity contribution >= 4 is 38.9 Å². The van der Waals surface area contributed by atoms with Gasteiger partial charge in [0.25, 0.3) is 5.91 Å². The molecular formula is C15H19N3O2S. The van der Waals surface area contributed by atoms with E-state index < -0.39 is 0 Å². The molecule has 1 aromatic carbocycles. The van der Waals surface area contributed by atoms with Crippen LogP contribution >= 0.6 is 11.3 Å². The molecule has 2 amide bonds. The van der Waals surface area contributed by atoms with E-state index in [0.717, 1.165) is 15.6 Å². The van der Waals surface area contributed by atoms with Crippen molar-refractivity contribution in [3.05, 3.63) is 28.6 Å². The van der Waals surface area contributed by atoms with E-state index in [0.29, 0.717) is 10.6 Å². The molecule has 0 spiro atoms. The van der Waals surface area contributed by atoms with E-state index in [9.17, 15) is 9.59 Å². The summed E-state index contributed by atoms with van der Waals surface area (Å²) in [6, 6.07) is 5.92. The number of nitrogens with two attached hydrogens (primary N) is 1. The number of nitrogen functional groups attached to an aromatic ring is 1. The molecule has 21 heavy (non-hydrogen) atoms. The molecule has 6 heteroatoms. The maximum Gasteiger partial charge on any atom is 0.263 e. The molecule has 0 saturated carbocycles.